The lowest BCUT2D eigenvalue weighted by molar-refractivity contribution is 0.0508. The van der Waals surface area contributed by atoms with Gasteiger partial charge in [-0.05, 0) is 24.3 Å². The number of hydrogen-bond acceptors (Lipinski definition) is 5. The van der Waals surface area contributed by atoms with Crippen molar-refractivity contribution in [3.63, 3.8) is 0 Å². The molecule has 0 atom stereocenters. The number of para-hydroxylation sites is 1. The number of methoxy groups -OCH3 is 1. The molecule has 0 aliphatic heterocycles. The molecule has 104 valence electrons. The van der Waals surface area contributed by atoms with Crippen molar-refractivity contribution in [3.05, 3.63) is 53.9 Å². The second-order valence-electron chi connectivity index (χ2n) is 3.98. The number of hydrogen-bond donors (Lipinski definition) is 0. The predicted octanol–water partition coefficient (Wildman–Crippen LogP) is 2.46. The number of carbonyl (C=O) groups excluding carboxylic acids is 1. The van der Waals surface area contributed by atoms with Crippen LogP contribution in [0.5, 0.6) is 11.5 Å². The molecule has 2 aromatic rings. The van der Waals surface area contributed by atoms with E-state index >= 15 is 0 Å². The SMILES string of the molecule is COCOc1ccc(COc2ccccc2C=O)nc1. The monoisotopic (exact) mass is 273 g/mol. The maximum absolute atomic E-state index is 10.9. The lowest BCUT2D eigenvalue weighted by atomic mass is 10.2. The number of aromatic nitrogens is 1. The van der Waals surface area contributed by atoms with Crippen molar-refractivity contribution in [1.82, 2.24) is 4.98 Å². The first-order valence-electron chi connectivity index (χ1n) is 6.07. The van der Waals surface area contributed by atoms with Gasteiger partial charge in [0.25, 0.3) is 0 Å². The van der Waals surface area contributed by atoms with Crippen LogP contribution in [0.25, 0.3) is 0 Å². The minimum atomic E-state index is 0.185. The number of carbonyl (C=O) groups is 1. The van der Waals surface area contributed by atoms with Gasteiger partial charge in [0.1, 0.15) is 18.1 Å². The van der Waals surface area contributed by atoms with Crippen molar-refractivity contribution in [2.45, 2.75) is 6.61 Å². The molecule has 0 aliphatic carbocycles. The highest BCUT2D eigenvalue weighted by Gasteiger charge is 2.03. The summed E-state index contributed by atoms with van der Waals surface area (Å²) < 4.78 is 15.6. The summed E-state index contributed by atoms with van der Waals surface area (Å²) in [7, 11) is 1.56. The molecule has 1 aromatic carbocycles. The van der Waals surface area contributed by atoms with Gasteiger partial charge >= 0.3 is 0 Å². The van der Waals surface area contributed by atoms with Crippen LogP contribution in [0.1, 0.15) is 16.1 Å². The normalized spacial score (nSPS) is 10.1. The average Bonchev–Trinajstić information content (AvgIpc) is 2.52. The van der Waals surface area contributed by atoms with Crippen LogP contribution in [0.3, 0.4) is 0 Å². The van der Waals surface area contributed by atoms with Crippen LogP contribution in [-0.4, -0.2) is 25.2 Å². The van der Waals surface area contributed by atoms with Gasteiger partial charge in [-0.25, -0.2) is 0 Å². The van der Waals surface area contributed by atoms with Crippen molar-refractivity contribution >= 4 is 6.29 Å². The van der Waals surface area contributed by atoms with Crippen LogP contribution < -0.4 is 9.47 Å². The fraction of sp³-hybridized carbons (Fsp3) is 0.200. The smallest absolute Gasteiger partial charge is 0.188 e. The lowest BCUT2D eigenvalue weighted by Gasteiger charge is -2.08. The molecule has 0 fully saturated rings. The van der Waals surface area contributed by atoms with E-state index in [2.05, 4.69) is 4.98 Å². The van der Waals surface area contributed by atoms with Gasteiger partial charge in [-0.3, -0.25) is 9.78 Å². The largest absolute Gasteiger partial charge is 0.487 e. The number of nitrogens with zero attached hydrogens (tertiary/aromatic N) is 1. The molecule has 0 radical (unpaired) electrons. The Balaban J connectivity index is 1.95. The van der Waals surface area contributed by atoms with Crippen LogP contribution >= 0.6 is 0 Å². The van der Waals surface area contributed by atoms with Crippen molar-refractivity contribution in [3.8, 4) is 11.5 Å². The Labute approximate surface area is 117 Å². The van der Waals surface area contributed by atoms with Crippen LogP contribution in [0.4, 0.5) is 0 Å². The van der Waals surface area contributed by atoms with Gasteiger partial charge in [-0.15, -0.1) is 0 Å². The molecule has 2 rings (SSSR count). The molecular formula is C15H15NO4. The summed E-state index contributed by atoms with van der Waals surface area (Å²) in [6, 6.07) is 10.6. The van der Waals surface area contributed by atoms with Gasteiger partial charge in [0, 0.05) is 7.11 Å². The Morgan fingerprint density at radius 2 is 2.00 bits per heavy atom. The summed E-state index contributed by atoms with van der Waals surface area (Å²) in [4.78, 5) is 15.1. The molecule has 5 heteroatoms. The Kier molecular flexibility index (Phi) is 5.08. The minimum Gasteiger partial charge on any atom is -0.487 e. The topological polar surface area (TPSA) is 57.7 Å². The first-order valence-corrected chi connectivity index (χ1v) is 6.07. The predicted molar refractivity (Wildman–Crippen MR) is 72.9 cm³/mol. The highest BCUT2D eigenvalue weighted by atomic mass is 16.7. The van der Waals surface area contributed by atoms with Gasteiger partial charge in [0.05, 0.1) is 17.5 Å². The summed E-state index contributed by atoms with van der Waals surface area (Å²) in [6.45, 7) is 0.472. The second-order valence-corrected chi connectivity index (χ2v) is 3.98. The van der Waals surface area contributed by atoms with Crippen LogP contribution in [0, 0.1) is 0 Å². The highest BCUT2D eigenvalue weighted by molar-refractivity contribution is 5.79. The lowest BCUT2D eigenvalue weighted by Crippen LogP contribution is -2.02. The van der Waals surface area contributed by atoms with E-state index in [4.69, 9.17) is 14.2 Å². The van der Waals surface area contributed by atoms with Crippen molar-refractivity contribution in [2.24, 2.45) is 0 Å². The molecule has 0 aliphatic rings. The van der Waals surface area contributed by atoms with Gasteiger partial charge in [-0.1, -0.05) is 12.1 Å². The zero-order chi connectivity index (χ0) is 14.2. The summed E-state index contributed by atoms with van der Waals surface area (Å²) in [6.07, 6.45) is 2.37. The van der Waals surface area contributed by atoms with Gasteiger partial charge < -0.3 is 14.2 Å². The minimum absolute atomic E-state index is 0.185. The molecule has 0 bridgehead atoms. The van der Waals surface area contributed by atoms with E-state index in [1.54, 1.807) is 43.6 Å². The van der Waals surface area contributed by atoms with Crippen LogP contribution in [0.2, 0.25) is 0 Å². The van der Waals surface area contributed by atoms with E-state index < -0.39 is 0 Å². The molecule has 0 saturated carbocycles. The number of aldehydes is 1. The zero-order valence-corrected chi connectivity index (χ0v) is 11.1. The van der Waals surface area contributed by atoms with E-state index in [0.717, 1.165) is 12.0 Å². The maximum Gasteiger partial charge on any atom is 0.188 e. The van der Waals surface area contributed by atoms with E-state index in [0.29, 0.717) is 17.1 Å². The molecule has 0 saturated heterocycles. The summed E-state index contributed by atoms with van der Waals surface area (Å²) in [5.41, 5.74) is 1.27. The molecule has 0 amide bonds. The summed E-state index contributed by atoms with van der Waals surface area (Å²) >= 11 is 0. The summed E-state index contributed by atoms with van der Waals surface area (Å²) in [5.74, 6) is 1.17. The van der Waals surface area contributed by atoms with Gasteiger partial charge in [0.15, 0.2) is 13.1 Å². The molecule has 0 N–H and O–H groups in total. The Morgan fingerprint density at radius 3 is 2.70 bits per heavy atom. The first kappa shape index (κ1) is 14.0. The average molecular weight is 273 g/mol. The molecule has 1 aromatic heterocycles. The Hall–Kier alpha value is -2.40. The number of ether oxygens (including phenoxy) is 3. The Morgan fingerprint density at radius 1 is 1.15 bits per heavy atom. The fourth-order valence-corrected chi connectivity index (χ4v) is 1.57. The number of benzene rings is 1. The van der Waals surface area contributed by atoms with Crippen molar-refractivity contribution in [1.29, 1.82) is 0 Å². The quantitative estimate of drug-likeness (QED) is 0.573. The maximum atomic E-state index is 10.9. The first-order chi connectivity index (χ1) is 9.83. The van der Waals surface area contributed by atoms with Crippen molar-refractivity contribution < 1.29 is 19.0 Å². The van der Waals surface area contributed by atoms with Crippen LogP contribution in [0.15, 0.2) is 42.6 Å². The highest BCUT2D eigenvalue weighted by Crippen LogP contribution is 2.17. The molecule has 20 heavy (non-hydrogen) atoms. The molecule has 0 unspecified atom stereocenters. The second kappa shape index (κ2) is 7.25. The zero-order valence-electron chi connectivity index (χ0n) is 11.1. The van der Waals surface area contributed by atoms with Gasteiger partial charge in [0.2, 0.25) is 0 Å². The van der Waals surface area contributed by atoms with Crippen molar-refractivity contribution in [2.75, 3.05) is 13.9 Å². The fourth-order valence-electron chi connectivity index (χ4n) is 1.57. The van der Waals surface area contributed by atoms with E-state index in [1.807, 2.05) is 6.07 Å². The van der Waals surface area contributed by atoms with E-state index in [-0.39, 0.29) is 13.4 Å². The molecular weight excluding hydrogens is 258 g/mol. The third-order valence-corrected chi connectivity index (χ3v) is 2.56. The van der Waals surface area contributed by atoms with Crippen LogP contribution in [-0.2, 0) is 11.3 Å². The Bertz CT molecular complexity index is 554. The molecule has 5 nitrogen and oxygen atoms in total. The van der Waals surface area contributed by atoms with Gasteiger partial charge in [-0.2, -0.15) is 0 Å². The third kappa shape index (κ3) is 3.80. The van der Waals surface area contributed by atoms with E-state index in [1.165, 1.54) is 0 Å². The molecule has 1 heterocycles. The molecule has 0 spiro atoms. The van der Waals surface area contributed by atoms with E-state index in [9.17, 15) is 4.79 Å². The number of pyridine rings is 1. The number of rotatable bonds is 7. The standard InChI is InChI=1S/C15H15NO4/c1-18-11-20-14-7-6-13(16-8-14)10-19-15-5-3-2-4-12(15)9-17/h2-9H,10-11H2,1H3. The third-order valence-electron chi connectivity index (χ3n) is 2.56. The summed E-state index contributed by atoms with van der Waals surface area (Å²) in [5, 5.41) is 0.